The Kier molecular flexibility index (Phi) is 10.9. The summed E-state index contributed by atoms with van der Waals surface area (Å²) >= 11 is 0. The molecule has 2 N–H and O–H groups in total. The first-order chi connectivity index (χ1) is 20.3. The average molecular weight is 579 g/mol. The monoisotopic (exact) mass is 578 g/mol. The van der Waals surface area contributed by atoms with Crippen molar-refractivity contribution in [3.8, 4) is 0 Å². The first-order valence-electron chi connectivity index (χ1n) is 14.8. The first-order valence-corrected chi connectivity index (χ1v) is 14.8. The normalized spacial score (nSPS) is 21.2. The molecular weight excluding hydrogens is 536 g/mol. The number of carbonyl (C=O) groups excluding carboxylic acids is 4. The minimum Gasteiger partial charge on any atom is -0.465 e. The summed E-state index contributed by atoms with van der Waals surface area (Å²) in [5.41, 5.74) is 1.93. The van der Waals surface area contributed by atoms with Gasteiger partial charge in [0.1, 0.15) is 18.7 Å². The minimum atomic E-state index is -0.784. The SMILES string of the molecule is CCOC(=O)[C@H](CCc1ccccc1)N[C@H](C)C(=O)N1[C@@H]2CN(C(=O)NC)CC[C@H]2C[C@H]1C(=O)OCc1ccccc1. The maximum atomic E-state index is 14.1. The van der Waals surface area contributed by atoms with Crippen LogP contribution in [0.1, 0.15) is 44.2 Å². The van der Waals surface area contributed by atoms with Crippen LogP contribution < -0.4 is 10.6 Å². The van der Waals surface area contributed by atoms with E-state index >= 15 is 0 Å². The zero-order valence-corrected chi connectivity index (χ0v) is 24.7. The number of carbonyl (C=O) groups is 4. The Morgan fingerprint density at radius 1 is 0.976 bits per heavy atom. The number of rotatable bonds is 11. The lowest BCUT2D eigenvalue weighted by atomic mass is 9.91. The number of amides is 3. The van der Waals surface area contributed by atoms with Crippen LogP contribution in [0.4, 0.5) is 4.79 Å². The lowest BCUT2D eigenvalue weighted by Gasteiger charge is -2.40. The molecule has 42 heavy (non-hydrogen) atoms. The molecule has 5 atom stereocenters. The summed E-state index contributed by atoms with van der Waals surface area (Å²) in [4.78, 5) is 56.2. The zero-order valence-electron chi connectivity index (χ0n) is 24.7. The van der Waals surface area contributed by atoms with Crippen molar-refractivity contribution in [3.05, 3.63) is 71.8 Å². The van der Waals surface area contributed by atoms with Crippen LogP contribution in [-0.4, -0.2) is 84.6 Å². The van der Waals surface area contributed by atoms with E-state index in [2.05, 4.69) is 10.6 Å². The molecule has 0 radical (unpaired) electrons. The molecule has 3 amide bonds. The predicted molar refractivity (Wildman–Crippen MR) is 157 cm³/mol. The van der Waals surface area contributed by atoms with Crippen LogP contribution in [0.2, 0.25) is 0 Å². The van der Waals surface area contributed by atoms with Crippen molar-refractivity contribution < 1.29 is 28.7 Å². The van der Waals surface area contributed by atoms with Crippen molar-refractivity contribution in [2.24, 2.45) is 5.92 Å². The third-order valence-corrected chi connectivity index (χ3v) is 8.15. The number of urea groups is 1. The van der Waals surface area contributed by atoms with Gasteiger partial charge >= 0.3 is 18.0 Å². The van der Waals surface area contributed by atoms with Crippen LogP contribution in [0.15, 0.2) is 60.7 Å². The van der Waals surface area contributed by atoms with E-state index in [1.807, 2.05) is 60.7 Å². The molecule has 0 aliphatic carbocycles. The molecule has 226 valence electrons. The molecule has 10 heteroatoms. The summed E-state index contributed by atoms with van der Waals surface area (Å²) in [7, 11) is 1.58. The Morgan fingerprint density at radius 2 is 1.64 bits per heavy atom. The van der Waals surface area contributed by atoms with Crippen LogP contribution in [0, 0.1) is 5.92 Å². The molecular formula is C32H42N4O6. The Hall–Kier alpha value is -3.92. The van der Waals surface area contributed by atoms with E-state index in [0.717, 1.165) is 11.1 Å². The zero-order chi connectivity index (χ0) is 30.1. The molecule has 0 aromatic heterocycles. The number of nitrogens with one attached hydrogen (secondary N) is 2. The van der Waals surface area contributed by atoms with Crippen LogP contribution >= 0.6 is 0 Å². The fourth-order valence-electron chi connectivity index (χ4n) is 5.96. The van der Waals surface area contributed by atoms with Gasteiger partial charge < -0.3 is 24.6 Å². The molecule has 2 aromatic rings. The van der Waals surface area contributed by atoms with Crippen molar-refractivity contribution in [1.29, 1.82) is 0 Å². The number of esters is 2. The second kappa shape index (κ2) is 14.8. The number of aryl methyl sites for hydroxylation is 1. The van der Waals surface area contributed by atoms with Gasteiger partial charge in [0.05, 0.1) is 18.7 Å². The third kappa shape index (κ3) is 7.67. The molecule has 0 bridgehead atoms. The quantitative estimate of drug-likeness (QED) is 0.394. The van der Waals surface area contributed by atoms with Gasteiger partial charge in [-0.05, 0) is 56.6 Å². The van der Waals surface area contributed by atoms with Crippen molar-refractivity contribution in [3.63, 3.8) is 0 Å². The minimum absolute atomic E-state index is 0.0512. The first kappa shape index (κ1) is 31.0. The van der Waals surface area contributed by atoms with E-state index < -0.39 is 30.1 Å². The average Bonchev–Trinajstić information content (AvgIpc) is 3.41. The van der Waals surface area contributed by atoms with Gasteiger partial charge in [0.25, 0.3) is 0 Å². The van der Waals surface area contributed by atoms with Gasteiger partial charge in [0.2, 0.25) is 5.91 Å². The lowest BCUT2D eigenvalue weighted by Crippen LogP contribution is -2.59. The molecule has 2 aliphatic heterocycles. The molecule has 10 nitrogen and oxygen atoms in total. The topological polar surface area (TPSA) is 117 Å². The number of benzene rings is 2. The van der Waals surface area contributed by atoms with E-state index in [0.29, 0.717) is 38.8 Å². The number of hydrogen-bond acceptors (Lipinski definition) is 7. The fourth-order valence-corrected chi connectivity index (χ4v) is 5.96. The highest BCUT2D eigenvalue weighted by Crippen LogP contribution is 2.37. The fraction of sp³-hybridized carbons (Fsp3) is 0.500. The molecule has 2 heterocycles. The molecule has 2 saturated heterocycles. The summed E-state index contributed by atoms with van der Waals surface area (Å²) in [6.45, 7) is 4.66. The molecule has 0 saturated carbocycles. The van der Waals surface area contributed by atoms with E-state index in [-0.39, 0.29) is 37.1 Å². The second-order valence-electron chi connectivity index (χ2n) is 10.9. The van der Waals surface area contributed by atoms with Gasteiger partial charge in [-0.2, -0.15) is 0 Å². The highest BCUT2D eigenvalue weighted by atomic mass is 16.5. The highest BCUT2D eigenvalue weighted by Gasteiger charge is 2.51. The Labute approximate surface area is 247 Å². The molecule has 0 spiro atoms. The number of hydrogen-bond donors (Lipinski definition) is 2. The summed E-state index contributed by atoms with van der Waals surface area (Å²) in [5.74, 6) is -1.15. The molecule has 4 rings (SSSR count). The Bertz CT molecular complexity index is 1210. The van der Waals surface area contributed by atoms with Crippen LogP contribution in [0.5, 0.6) is 0 Å². The van der Waals surface area contributed by atoms with Gasteiger partial charge in [0.15, 0.2) is 0 Å². The largest absolute Gasteiger partial charge is 0.465 e. The van der Waals surface area contributed by atoms with Crippen molar-refractivity contribution >= 4 is 23.9 Å². The Morgan fingerprint density at radius 3 is 2.29 bits per heavy atom. The number of piperidine rings is 1. The summed E-state index contributed by atoms with van der Waals surface area (Å²) in [6.07, 6.45) is 2.21. The van der Waals surface area contributed by atoms with E-state index in [1.165, 1.54) is 0 Å². The highest BCUT2D eigenvalue weighted by molar-refractivity contribution is 5.89. The summed E-state index contributed by atoms with van der Waals surface area (Å²) < 4.78 is 11.0. The lowest BCUT2D eigenvalue weighted by molar-refractivity contribution is -0.157. The van der Waals surface area contributed by atoms with E-state index in [4.69, 9.17) is 9.47 Å². The standard InChI is InChI=1S/C32H42N4O6/c1-4-41-30(38)26(16-15-23-11-7-5-8-12-23)34-22(2)29(37)36-27(31(39)42-21-24-13-9-6-10-14-24)19-25-17-18-35(20-28(25)36)32(40)33-3/h5-14,22,25-28,34H,4,15-21H2,1-3H3,(H,33,40)/t22-,25+,26+,27+,28-/m1/s1. The predicted octanol–water partition coefficient (Wildman–Crippen LogP) is 2.90. The summed E-state index contributed by atoms with van der Waals surface area (Å²) in [5, 5.41) is 5.86. The number of ether oxygens (including phenoxy) is 2. The maximum absolute atomic E-state index is 14.1. The van der Waals surface area contributed by atoms with E-state index in [1.54, 1.807) is 30.7 Å². The maximum Gasteiger partial charge on any atom is 0.329 e. The van der Waals surface area contributed by atoms with Crippen LogP contribution in [0.3, 0.4) is 0 Å². The molecule has 2 fully saturated rings. The van der Waals surface area contributed by atoms with E-state index in [9.17, 15) is 19.2 Å². The molecule has 2 aliphatic rings. The number of nitrogens with zero attached hydrogens (tertiary/aromatic N) is 2. The van der Waals surface area contributed by atoms with Gasteiger partial charge in [-0.3, -0.25) is 14.9 Å². The summed E-state index contributed by atoms with van der Waals surface area (Å²) in [6, 6.07) is 16.4. The Balaban J connectivity index is 1.51. The third-order valence-electron chi connectivity index (χ3n) is 8.15. The molecule has 0 unspecified atom stereocenters. The van der Waals surface area contributed by atoms with Crippen molar-refractivity contribution in [2.75, 3.05) is 26.7 Å². The van der Waals surface area contributed by atoms with Gasteiger partial charge in [-0.25, -0.2) is 9.59 Å². The van der Waals surface area contributed by atoms with Crippen LogP contribution in [-0.2, 0) is 36.9 Å². The second-order valence-corrected chi connectivity index (χ2v) is 10.9. The smallest absolute Gasteiger partial charge is 0.329 e. The van der Waals surface area contributed by atoms with Gasteiger partial charge in [-0.1, -0.05) is 60.7 Å². The van der Waals surface area contributed by atoms with Gasteiger partial charge in [0, 0.05) is 20.1 Å². The van der Waals surface area contributed by atoms with Crippen LogP contribution in [0.25, 0.3) is 0 Å². The van der Waals surface area contributed by atoms with Crippen molar-refractivity contribution in [1.82, 2.24) is 20.4 Å². The number of likely N-dealkylation sites (tertiary alicyclic amines) is 2. The molecule has 2 aromatic carbocycles. The van der Waals surface area contributed by atoms with Crippen molar-refractivity contribution in [2.45, 2.75) is 70.3 Å². The van der Waals surface area contributed by atoms with Gasteiger partial charge in [-0.15, -0.1) is 0 Å². The number of fused-ring (bicyclic) bond motifs is 1.